The molecule has 5 nitrogen and oxygen atoms in total. The zero-order chi connectivity index (χ0) is 18.0. The van der Waals surface area contributed by atoms with E-state index >= 15 is 0 Å². The van der Waals surface area contributed by atoms with Crippen molar-refractivity contribution in [2.45, 2.75) is 6.92 Å². The third-order valence-electron chi connectivity index (χ3n) is 3.67. The highest BCUT2D eigenvalue weighted by molar-refractivity contribution is 9.10. The lowest BCUT2D eigenvalue weighted by molar-refractivity contribution is -0.138. The van der Waals surface area contributed by atoms with Gasteiger partial charge in [0.25, 0.3) is 0 Å². The molecule has 0 saturated carbocycles. The van der Waals surface area contributed by atoms with Crippen LogP contribution < -0.4 is 10.2 Å². The summed E-state index contributed by atoms with van der Waals surface area (Å²) < 4.78 is 16.6. The maximum Gasteiger partial charge on any atom is 0.337 e. The number of methoxy groups -OCH3 is 1. The van der Waals surface area contributed by atoms with Crippen molar-refractivity contribution in [3.63, 3.8) is 0 Å². The molecule has 0 amide bonds. The quantitative estimate of drug-likeness (QED) is 0.485. The van der Waals surface area contributed by atoms with Gasteiger partial charge in [0.1, 0.15) is 23.7 Å². The fraction of sp³-hybridized carbons (Fsp3) is 0.158. The second-order valence-electron chi connectivity index (χ2n) is 5.43. The summed E-state index contributed by atoms with van der Waals surface area (Å²) >= 11 is 3.38. The molecule has 0 radical (unpaired) electrons. The molecule has 1 heterocycles. The number of carbonyl (C=O) groups excluding carboxylic acids is 1. The molecule has 0 bridgehead atoms. The molecule has 2 aromatic carbocycles. The normalized spacial score (nSPS) is 10.8. The van der Waals surface area contributed by atoms with Gasteiger partial charge in [-0.1, -0.05) is 28.1 Å². The molecular formula is C19H15BrO5. The summed E-state index contributed by atoms with van der Waals surface area (Å²) in [6.07, 6.45) is 0. The molecule has 128 valence electrons. The van der Waals surface area contributed by atoms with E-state index in [9.17, 15) is 9.59 Å². The molecule has 0 aliphatic carbocycles. The van der Waals surface area contributed by atoms with Gasteiger partial charge < -0.3 is 13.9 Å². The number of fused-ring (bicyclic) bond motifs is 1. The van der Waals surface area contributed by atoms with E-state index in [1.54, 1.807) is 19.1 Å². The third kappa shape index (κ3) is 3.65. The third-order valence-corrected chi connectivity index (χ3v) is 4.20. The molecule has 0 aliphatic heterocycles. The Labute approximate surface area is 152 Å². The Balaban J connectivity index is 2.07. The summed E-state index contributed by atoms with van der Waals surface area (Å²) in [5.74, 6) is 0.279. The van der Waals surface area contributed by atoms with Gasteiger partial charge in [0.05, 0.1) is 10.9 Å². The van der Waals surface area contributed by atoms with Crippen molar-refractivity contribution in [1.82, 2.24) is 0 Å². The molecular weight excluding hydrogens is 388 g/mol. The molecule has 3 aromatic rings. The van der Waals surface area contributed by atoms with Gasteiger partial charge in [-0.15, -0.1) is 0 Å². The van der Waals surface area contributed by atoms with Gasteiger partial charge >= 0.3 is 5.97 Å². The first kappa shape index (κ1) is 17.4. The Morgan fingerprint density at radius 3 is 2.56 bits per heavy atom. The number of ether oxygens (including phenoxy) is 2. The largest absolute Gasteiger partial charge is 0.460 e. The number of hydrogen-bond acceptors (Lipinski definition) is 5. The Kier molecular flexibility index (Phi) is 5.01. The van der Waals surface area contributed by atoms with Crippen LogP contribution in [0.25, 0.3) is 22.1 Å². The first-order chi connectivity index (χ1) is 12.0. The van der Waals surface area contributed by atoms with E-state index in [1.165, 1.54) is 13.2 Å². The van der Waals surface area contributed by atoms with E-state index in [1.807, 2.05) is 24.3 Å². The van der Waals surface area contributed by atoms with Gasteiger partial charge in [-0.25, -0.2) is 4.79 Å². The van der Waals surface area contributed by atoms with Crippen molar-refractivity contribution >= 4 is 32.9 Å². The molecule has 3 rings (SSSR count). The standard InChI is InChI=1S/C19H15BrO5/c1-11-18(12-3-5-13(20)6-4-12)19(22)15-8-7-14(9-16(15)24-11)25-17(21)10-23-2/h3-9H,10H2,1-2H3. The zero-order valence-electron chi connectivity index (χ0n) is 13.7. The van der Waals surface area contributed by atoms with Crippen LogP contribution in [0.4, 0.5) is 0 Å². The average molecular weight is 403 g/mol. The Hall–Kier alpha value is -2.44. The molecule has 0 atom stereocenters. The van der Waals surface area contributed by atoms with Crippen LogP contribution in [0.5, 0.6) is 5.75 Å². The molecule has 6 heteroatoms. The number of rotatable bonds is 4. The van der Waals surface area contributed by atoms with Crippen LogP contribution in [-0.2, 0) is 9.53 Å². The minimum Gasteiger partial charge on any atom is -0.460 e. The Morgan fingerprint density at radius 1 is 1.16 bits per heavy atom. The lowest BCUT2D eigenvalue weighted by Gasteiger charge is -2.09. The highest BCUT2D eigenvalue weighted by Crippen LogP contribution is 2.27. The molecule has 0 saturated heterocycles. The van der Waals surface area contributed by atoms with Crippen LogP contribution in [0, 0.1) is 6.92 Å². The number of aryl methyl sites for hydroxylation is 1. The van der Waals surface area contributed by atoms with Crippen molar-refractivity contribution < 1.29 is 18.7 Å². The van der Waals surface area contributed by atoms with Gasteiger partial charge in [-0.3, -0.25) is 4.79 Å². The first-order valence-corrected chi connectivity index (χ1v) is 8.32. The topological polar surface area (TPSA) is 65.7 Å². The lowest BCUT2D eigenvalue weighted by atomic mass is 10.0. The van der Waals surface area contributed by atoms with Gasteiger partial charge in [0.2, 0.25) is 5.43 Å². The molecule has 0 fully saturated rings. The van der Waals surface area contributed by atoms with Gasteiger partial charge in [-0.05, 0) is 36.8 Å². The van der Waals surface area contributed by atoms with Crippen molar-refractivity contribution in [2.24, 2.45) is 0 Å². The minimum absolute atomic E-state index is 0.129. The van der Waals surface area contributed by atoms with E-state index in [0.717, 1.165) is 10.0 Å². The summed E-state index contributed by atoms with van der Waals surface area (Å²) in [4.78, 5) is 24.4. The van der Waals surface area contributed by atoms with Crippen LogP contribution in [0.15, 0.2) is 56.1 Å². The predicted molar refractivity (Wildman–Crippen MR) is 97.9 cm³/mol. The number of benzene rings is 2. The van der Waals surface area contributed by atoms with Crippen LogP contribution in [0.3, 0.4) is 0 Å². The smallest absolute Gasteiger partial charge is 0.337 e. The lowest BCUT2D eigenvalue weighted by Crippen LogP contribution is -2.14. The highest BCUT2D eigenvalue weighted by atomic mass is 79.9. The number of carbonyl (C=O) groups is 1. The maximum atomic E-state index is 12.9. The maximum absolute atomic E-state index is 12.9. The fourth-order valence-corrected chi connectivity index (χ4v) is 2.84. The monoisotopic (exact) mass is 402 g/mol. The van der Waals surface area contributed by atoms with E-state index < -0.39 is 5.97 Å². The van der Waals surface area contributed by atoms with Crippen LogP contribution in [-0.4, -0.2) is 19.7 Å². The van der Waals surface area contributed by atoms with Crippen molar-refractivity contribution in [3.8, 4) is 16.9 Å². The highest BCUT2D eigenvalue weighted by Gasteiger charge is 2.15. The van der Waals surface area contributed by atoms with Crippen molar-refractivity contribution in [3.05, 3.63) is 62.9 Å². The van der Waals surface area contributed by atoms with Gasteiger partial charge in [0, 0.05) is 17.6 Å². The van der Waals surface area contributed by atoms with E-state index in [4.69, 9.17) is 13.9 Å². The van der Waals surface area contributed by atoms with Crippen molar-refractivity contribution in [1.29, 1.82) is 0 Å². The first-order valence-electron chi connectivity index (χ1n) is 7.52. The zero-order valence-corrected chi connectivity index (χ0v) is 15.3. The SMILES string of the molecule is COCC(=O)Oc1ccc2c(=O)c(-c3ccc(Br)cc3)c(C)oc2c1. The summed E-state index contributed by atoms with van der Waals surface area (Å²) in [6.45, 7) is 1.59. The fourth-order valence-electron chi connectivity index (χ4n) is 2.58. The molecule has 1 aromatic heterocycles. The summed E-state index contributed by atoms with van der Waals surface area (Å²) in [7, 11) is 1.41. The van der Waals surface area contributed by atoms with Gasteiger partial charge in [0.15, 0.2) is 0 Å². The van der Waals surface area contributed by atoms with E-state index in [-0.39, 0.29) is 12.0 Å². The Bertz CT molecular complexity index is 989. The molecule has 0 N–H and O–H groups in total. The summed E-state index contributed by atoms with van der Waals surface area (Å²) in [5, 5.41) is 0.426. The molecule has 25 heavy (non-hydrogen) atoms. The molecule has 0 unspecified atom stereocenters. The summed E-state index contributed by atoms with van der Waals surface area (Å²) in [6, 6.07) is 12.1. The minimum atomic E-state index is -0.521. The number of hydrogen-bond donors (Lipinski definition) is 0. The van der Waals surface area contributed by atoms with Crippen molar-refractivity contribution in [2.75, 3.05) is 13.7 Å². The Morgan fingerprint density at radius 2 is 1.88 bits per heavy atom. The number of halogens is 1. The number of esters is 1. The van der Waals surface area contributed by atoms with Crippen LogP contribution in [0.2, 0.25) is 0 Å². The summed E-state index contributed by atoms with van der Waals surface area (Å²) in [5.41, 5.74) is 1.54. The second kappa shape index (κ2) is 7.21. The van der Waals surface area contributed by atoms with Gasteiger partial charge in [-0.2, -0.15) is 0 Å². The van der Waals surface area contributed by atoms with E-state index in [2.05, 4.69) is 15.9 Å². The molecule has 0 spiro atoms. The van der Waals surface area contributed by atoms with E-state index in [0.29, 0.717) is 28.0 Å². The van der Waals surface area contributed by atoms with Crippen LogP contribution >= 0.6 is 15.9 Å². The molecule has 0 aliphatic rings. The predicted octanol–water partition coefficient (Wildman–Crippen LogP) is 4.08. The van der Waals surface area contributed by atoms with Crippen LogP contribution in [0.1, 0.15) is 5.76 Å². The average Bonchev–Trinajstić information content (AvgIpc) is 2.56. The second-order valence-corrected chi connectivity index (χ2v) is 6.35.